The fourth-order valence-electron chi connectivity index (χ4n) is 1.86. The summed E-state index contributed by atoms with van der Waals surface area (Å²) in [5.74, 6) is 1.000. The van der Waals surface area contributed by atoms with Gasteiger partial charge in [0.05, 0.1) is 0 Å². The molecule has 1 aromatic rings. The van der Waals surface area contributed by atoms with Crippen LogP contribution >= 0.6 is 0 Å². The standard InChI is InChI=1S/C12H15N3/c1-2-11(13-7-1)9-3-6-12(14-8-9)15-10-4-5-10/h3,6,8,10H,1-2,4-5,7H2,(H,14,15). The van der Waals surface area contributed by atoms with Crippen molar-refractivity contribution in [2.75, 3.05) is 11.9 Å². The van der Waals surface area contributed by atoms with Gasteiger partial charge in [0, 0.05) is 30.1 Å². The van der Waals surface area contributed by atoms with E-state index in [0.29, 0.717) is 6.04 Å². The Morgan fingerprint density at radius 2 is 2.20 bits per heavy atom. The van der Waals surface area contributed by atoms with Gasteiger partial charge in [0.2, 0.25) is 0 Å². The topological polar surface area (TPSA) is 37.3 Å². The quantitative estimate of drug-likeness (QED) is 0.814. The molecule has 78 valence electrons. The Morgan fingerprint density at radius 3 is 2.80 bits per heavy atom. The fraction of sp³-hybridized carbons (Fsp3) is 0.500. The summed E-state index contributed by atoms with van der Waals surface area (Å²) in [6.45, 7) is 0.984. The molecule has 1 aliphatic heterocycles. The van der Waals surface area contributed by atoms with Crippen molar-refractivity contribution in [3.8, 4) is 0 Å². The van der Waals surface area contributed by atoms with Crippen molar-refractivity contribution >= 4 is 11.5 Å². The summed E-state index contributed by atoms with van der Waals surface area (Å²) in [7, 11) is 0. The van der Waals surface area contributed by atoms with E-state index in [4.69, 9.17) is 0 Å². The SMILES string of the molecule is c1cc(NC2CC2)ncc1C1=NCCC1. The van der Waals surface area contributed by atoms with Gasteiger partial charge < -0.3 is 5.32 Å². The van der Waals surface area contributed by atoms with Crippen LogP contribution in [-0.4, -0.2) is 23.3 Å². The summed E-state index contributed by atoms with van der Waals surface area (Å²) < 4.78 is 0. The molecule has 1 aliphatic carbocycles. The second-order valence-corrected chi connectivity index (χ2v) is 4.28. The highest BCUT2D eigenvalue weighted by molar-refractivity contribution is 6.01. The molecule has 0 radical (unpaired) electrons. The van der Waals surface area contributed by atoms with Gasteiger partial charge in [-0.15, -0.1) is 0 Å². The number of nitrogens with zero attached hydrogens (tertiary/aromatic N) is 2. The summed E-state index contributed by atoms with van der Waals surface area (Å²) in [5, 5.41) is 3.38. The molecule has 0 bridgehead atoms. The molecule has 3 rings (SSSR count). The smallest absolute Gasteiger partial charge is 0.126 e. The fourth-order valence-corrected chi connectivity index (χ4v) is 1.86. The molecule has 0 saturated heterocycles. The predicted octanol–water partition coefficient (Wildman–Crippen LogP) is 2.24. The molecule has 1 N–H and O–H groups in total. The molecule has 0 atom stereocenters. The van der Waals surface area contributed by atoms with Crippen LogP contribution in [-0.2, 0) is 0 Å². The zero-order chi connectivity index (χ0) is 10.1. The maximum absolute atomic E-state index is 4.47. The van der Waals surface area contributed by atoms with Crippen LogP contribution in [0.4, 0.5) is 5.82 Å². The summed E-state index contributed by atoms with van der Waals surface area (Å²) in [4.78, 5) is 8.88. The molecule has 3 nitrogen and oxygen atoms in total. The molecule has 1 saturated carbocycles. The van der Waals surface area contributed by atoms with Crippen LogP contribution < -0.4 is 5.32 Å². The summed E-state index contributed by atoms with van der Waals surface area (Å²) >= 11 is 0. The lowest BCUT2D eigenvalue weighted by molar-refractivity contribution is 0.951. The van der Waals surface area contributed by atoms with Gasteiger partial charge in [-0.3, -0.25) is 4.99 Å². The molecule has 1 aromatic heterocycles. The Morgan fingerprint density at radius 1 is 1.27 bits per heavy atom. The predicted molar refractivity (Wildman–Crippen MR) is 61.5 cm³/mol. The van der Waals surface area contributed by atoms with Crippen LogP contribution in [0, 0.1) is 0 Å². The van der Waals surface area contributed by atoms with Crippen molar-refractivity contribution in [1.29, 1.82) is 0 Å². The Kier molecular flexibility index (Phi) is 2.16. The van der Waals surface area contributed by atoms with Crippen LogP contribution in [0.3, 0.4) is 0 Å². The number of aliphatic imine (C=N–C) groups is 1. The van der Waals surface area contributed by atoms with Crippen molar-refractivity contribution < 1.29 is 0 Å². The number of hydrogen-bond acceptors (Lipinski definition) is 3. The summed E-state index contributed by atoms with van der Waals surface area (Å²) in [6, 6.07) is 4.86. The van der Waals surface area contributed by atoms with Gasteiger partial charge in [-0.05, 0) is 37.8 Å². The first-order valence-corrected chi connectivity index (χ1v) is 5.68. The van der Waals surface area contributed by atoms with Gasteiger partial charge in [0.25, 0.3) is 0 Å². The minimum absolute atomic E-state index is 0.673. The van der Waals surface area contributed by atoms with Crippen LogP contribution in [0.15, 0.2) is 23.3 Å². The first-order chi connectivity index (χ1) is 7.42. The second-order valence-electron chi connectivity index (χ2n) is 4.28. The third-order valence-corrected chi connectivity index (χ3v) is 2.90. The molecule has 3 heteroatoms. The average Bonchev–Trinajstić information content (AvgIpc) is 2.92. The number of nitrogens with one attached hydrogen (secondary N) is 1. The van der Waals surface area contributed by atoms with Gasteiger partial charge in [-0.1, -0.05) is 0 Å². The molecule has 0 amide bonds. The third kappa shape index (κ3) is 2.01. The van der Waals surface area contributed by atoms with Gasteiger partial charge >= 0.3 is 0 Å². The van der Waals surface area contributed by atoms with Crippen molar-refractivity contribution in [3.63, 3.8) is 0 Å². The molecule has 0 spiro atoms. The van der Waals surface area contributed by atoms with Crippen molar-refractivity contribution in [2.45, 2.75) is 31.7 Å². The molecule has 2 aliphatic rings. The first kappa shape index (κ1) is 8.89. The van der Waals surface area contributed by atoms with E-state index in [2.05, 4.69) is 27.4 Å². The third-order valence-electron chi connectivity index (χ3n) is 2.90. The van der Waals surface area contributed by atoms with Crippen LogP contribution in [0.5, 0.6) is 0 Å². The van der Waals surface area contributed by atoms with E-state index >= 15 is 0 Å². The summed E-state index contributed by atoms with van der Waals surface area (Å²) in [6.07, 6.45) is 6.82. The van der Waals surface area contributed by atoms with Crippen LogP contribution in [0.25, 0.3) is 0 Å². The number of hydrogen-bond donors (Lipinski definition) is 1. The van der Waals surface area contributed by atoms with Gasteiger partial charge in [0.1, 0.15) is 5.82 Å². The molecular weight excluding hydrogens is 186 g/mol. The highest BCUT2D eigenvalue weighted by Crippen LogP contribution is 2.23. The Balaban J connectivity index is 1.74. The maximum Gasteiger partial charge on any atom is 0.126 e. The van der Waals surface area contributed by atoms with Crippen molar-refractivity contribution in [1.82, 2.24) is 4.98 Å². The van der Waals surface area contributed by atoms with Gasteiger partial charge in [-0.2, -0.15) is 0 Å². The lowest BCUT2D eigenvalue weighted by atomic mass is 10.1. The number of rotatable bonds is 3. The number of pyridine rings is 1. The van der Waals surface area contributed by atoms with Crippen LogP contribution in [0.2, 0.25) is 0 Å². The van der Waals surface area contributed by atoms with E-state index in [1.807, 2.05) is 6.20 Å². The average molecular weight is 201 g/mol. The molecule has 0 aromatic carbocycles. The number of anilines is 1. The number of aromatic nitrogens is 1. The molecule has 1 fully saturated rings. The molecule has 2 heterocycles. The van der Waals surface area contributed by atoms with Crippen molar-refractivity contribution in [2.24, 2.45) is 4.99 Å². The van der Waals surface area contributed by atoms with E-state index in [1.165, 1.54) is 30.5 Å². The van der Waals surface area contributed by atoms with Crippen molar-refractivity contribution in [3.05, 3.63) is 23.9 Å². The Labute approximate surface area is 89.6 Å². The zero-order valence-corrected chi connectivity index (χ0v) is 8.74. The normalized spacial score (nSPS) is 20.1. The lowest BCUT2D eigenvalue weighted by Crippen LogP contribution is -2.04. The molecule has 0 unspecified atom stereocenters. The van der Waals surface area contributed by atoms with Gasteiger partial charge in [-0.25, -0.2) is 4.98 Å². The first-order valence-electron chi connectivity index (χ1n) is 5.68. The monoisotopic (exact) mass is 201 g/mol. The zero-order valence-electron chi connectivity index (χ0n) is 8.74. The maximum atomic E-state index is 4.47. The largest absolute Gasteiger partial charge is 0.367 e. The second kappa shape index (κ2) is 3.65. The minimum Gasteiger partial charge on any atom is -0.367 e. The molecule has 15 heavy (non-hydrogen) atoms. The Bertz CT molecular complexity index is 376. The highest BCUT2D eigenvalue weighted by Gasteiger charge is 2.21. The highest BCUT2D eigenvalue weighted by atomic mass is 15.0. The minimum atomic E-state index is 0.673. The van der Waals surface area contributed by atoms with E-state index in [9.17, 15) is 0 Å². The van der Waals surface area contributed by atoms with E-state index in [0.717, 1.165) is 18.8 Å². The lowest BCUT2D eigenvalue weighted by Gasteiger charge is -2.04. The summed E-state index contributed by atoms with van der Waals surface area (Å²) in [5.41, 5.74) is 2.41. The molecular formula is C12H15N3. The van der Waals surface area contributed by atoms with E-state index < -0.39 is 0 Å². The van der Waals surface area contributed by atoms with E-state index in [1.54, 1.807) is 0 Å². The van der Waals surface area contributed by atoms with Crippen LogP contribution in [0.1, 0.15) is 31.2 Å². The van der Waals surface area contributed by atoms with Gasteiger partial charge in [0.15, 0.2) is 0 Å². The Hall–Kier alpha value is -1.38. The van der Waals surface area contributed by atoms with E-state index in [-0.39, 0.29) is 0 Å².